The highest BCUT2D eigenvalue weighted by Gasteiger charge is 2.22. The van der Waals surface area contributed by atoms with Crippen molar-refractivity contribution in [1.29, 1.82) is 0 Å². The van der Waals surface area contributed by atoms with E-state index in [1.807, 2.05) is 42.5 Å². The van der Waals surface area contributed by atoms with Crippen molar-refractivity contribution in [2.45, 2.75) is 43.6 Å². The van der Waals surface area contributed by atoms with E-state index in [1.54, 1.807) is 12.1 Å². The van der Waals surface area contributed by atoms with Crippen molar-refractivity contribution in [2.24, 2.45) is 0 Å². The smallest absolute Gasteiger partial charge is 0.261 e. The van der Waals surface area contributed by atoms with Crippen LogP contribution in [0, 0.1) is 0 Å². The van der Waals surface area contributed by atoms with Crippen LogP contribution in [-0.2, 0) is 20.7 Å². The maximum absolute atomic E-state index is 12.5. The van der Waals surface area contributed by atoms with Crippen molar-refractivity contribution in [3.05, 3.63) is 65.7 Å². The Morgan fingerprint density at radius 3 is 2.21 bits per heavy atom. The maximum atomic E-state index is 12.5. The van der Waals surface area contributed by atoms with Gasteiger partial charge in [-0.1, -0.05) is 56.3 Å². The number of rotatable bonds is 8. The molecule has 0 aliphatic rings. The summed E-state index contributed by atoms with van der Waals surface area (Å²) in [5, 5.41) is 0. The molecule has 24 heavy (non-hydrogen) atoms. The Morgan fingerprint density at radius 1 is 1.04 bits per heavy atom. The fraction of sp³-hybridized carbons (Fsp3) is 0.368. The SMILES string of the molecule is CCC(C)c1ccc(S(=O)(=O)OC(CCl)Cc2ccccc2)cc1. The largest absolute Gasteiger partial charge is 0.297 e. The summed E-state index contributed by atoms with van der Waals surface area (Å²) in [4.78, 5) is 0.165. The zero-order valence-corrected chi connectivity index (χ0v) is 15.6. The average molecular weight is 367 g/mol. The normalized spacial score (nSPS) is 14.3. The van der Waals surface area contributed by atoms with Crippen LogP contribution in [0.25, 0.3) is 0 Å². The molecule has 2 aromatic rings. The second-order valence-electron chi connectivity index (χ2n) is 5.89. The van der Waals surface area contributed by atoms with Gasteiger partial charge in [0.15, 0.2) is 0 Å². The summed E-state index contributed by atoms with van der Waals surface area (Å²) in [5.41, 5.74) is 2.11. The van der Waals surface area contributed by atoms with Gasteiger partial charge < -0.3 is 0 Å². The molecule has 0 saturated heterocycles. The van der Waals surface area contributed by atoms with Gasteiger partial charge in [-0.2, -0.15) is 8.42 Å². The van der Waals surface area contributed by atoms with Gasteiger partial charge in [0.05, 0.1) is 16.9 Å². The van der Waals surface area contributed by atoms with Crippen LogP contribution >= 0.6 is 11.6 Å². The average Bonchev–Trinajstić information content (AvgIpc) is 2.61. The number of hydrogen-bond acceptors (Lipinski definition) is 3. The number of alkyl halides is 1. The first-order valence-electron chi connectivity index (χ1n) is 8.09. The minimum absolute atomic E-state index is 0.110. The molecule has 0 amide bonds. The van der Waals surface area contributed by atoms with Crippen LogP contribution in [0.4, 0.5) is 0 Å². The first kappa shape index (κ1) is 19.0. The van der Waals surface area contributed by atoms with Gasteiger partial charge in [0.2, 0.25) is 0 Å². The van der Waals surface area contributed by atoms with Gasteiger partial charge in [0.1, 0.15) is 0 Å². The molecule has 0 aliphatic heterocycles. The van der Waals surface area contributed by atoms with E-state index in [0.717, 1.165) is 17.5 Å². The third-order valence-corrected chi connectivity index (χ3v) is 5.81. The summed E-state index contributed by atoms with van der Waals surface area (Å²) in [5.74, 6) is 0.510. The lowest BCUT2D eigenvalue weighted by atomic mass is 9.99. The number of benzene rings is 2. The van der Waals surface area contributed by atoms with Crippen molar-refractivity contribution < 1.29 is 12.6 Å². The van der Waals surface area contributed by atoms with E-state index in [-0.39, 0.29) is 10.8 Å². The van der Waals surface area contributed by atoms with Crippen LogP contribution in [0.3, 0.4) is 0 Å². The van der Waals surface area contributed by atoms with E-state index in [1.165, 1.54) is 0 Å². The lowest BCUT2D eigenvalue weighted by Gasteiger charge is -2.16. The van der Waals surface area contributed by atoms with Crippen LogP contribution in [0.2, 0.25) is 0 Å². The third-order valence-electron chi connectivity index (χ3n) is 4.09. The molecule has 2 unspecified atom stereocenters. The molecule has 0 fully saturated rings. The standard InChI is InChI=1S/C19H23ClO3S/c1-3-15(2)17-9-11-19(12-10-17)24(21,22)23-18(14-20)13-16-7-5-4-6-8-16/h4-12,15,18H,3,13-14H2,1-2H3. The molecule has 0 spiro atoms. The van der Waals surface area contributed by atoms with Gasteiger partial charge in [0.25, 0.3) is 10.1 Å². The van der Waals surface area contributed by atoms with Gasteiger partial charge in [0, 0.05) is 6.42 Å². The Bertz CT molecular complexity index is 727. The van der Waals surface area contributed by atoms with E-state index in [2.05, 4.69) is 13.8 Å². The topological polar surface area (TPSA) is 43.4 Å². The minimum Gasteiger partial charge on any atom is -0.261 e. The minimum atomic E-state index is -3.83. The molecule has 0 saturated carbocycles. The molecular formula is C19H23ClO3S. The van der Waals surface area contributed by atoms with Crippen LogP contribution in [0.5, 0.6) is 0 Å². The Hall–Kier alpha value is -1.36. The molecule has 0 aromatic heterocycles. The lowest BCUT2D eigenvalue weighted by molar-refractivity contribution is 0.232. The van der Waals surface area contributed by atoms with Gasteiger partial charge >= 0.3 is 0 Å². The molecule has 0 aliphatic carbocycles. The predicted octanol–water partition coefficient (Wildman–Crippen LogP) is 4.76. The van der Waals surface area contributed by atoms with Crippen molar-refractivity contribution in [3.8, 4) is 0 Å². The Kier molecular flexibility index (Phi) is 6.84. The summed E-state index contributed by atoms with van der Waals surface area (Å²) in [6.45, 7) is 4.22. The Balaban J connectivity index is 2.11. The van der Waals surface area contributed by atoms with Gasteiger partial charge in [-0.05, 0) is 35.6 Å². The van der Waals surface area contributed by atoms with Crippen LogP contribution in [0.15, 0.2) is 59.5 Å². The maximum Gasteiger partial charge on any atom is 0.297 e. The highest BCUT2D eigenvalue weighted by molar-refractivity contribution is 7.86. The molecule has 0 heterocycles. The number of hydrogen-bond donors (Lipinski definition) is 0. The van der Waals surface area contributed by atoms with E-state index in [9.17, 15) is 8.42 Å². The molecule has 0 bridgehead atoms. The highest BCUT2D eigenvalue weighted by atomic mass is 35.5. The summed E-state index contributed by atoms with van der Waals surface area (Å²) >= 11 is 5.91. The monoisotopic (exact) mass is 366 g/mol. The van der Waals surface area contributed by atoms with Crippen LogP contribution in [-0.4, -0.2) is 20.4 Å². The molecule has 0 radical (unpaired) electrons. The van der Waals surface area contributed by atoms with Crippen molar-refractivity contribution in [2.75, 3.05) is 5.88 Å². The molecule has 130 valence electrons. The van der Waals surface area contributed by atoms with Gasteiger partial charge in [-0.3, -0.25) is 4.18 Å². The van der Waals surface area contributed by atoms with Gasteiger partial charge in [-0.25, -0.2) is 0 Å². The summed E-state index contributed by atoms with van der Waals surface area (Å²) < 4.78 is 30.3. The Labute approximate surface area is 149 Å². The molecule has 2 rings (SSSR count). The molecule has 0 N–H and O–H groups in total. The quantitative estimate of drug-likeness (QED) is 0.500. The first-order chi connectivity index (χ1) is 11.5. The second-order valence-corrected chi connectivity index (χ2v) is 7.78. The predicted molar refractivity (Wildman–Crippen MR) is 98.1 cm³/mol. The van der Waals surface area contributed by atoms with Crippen molar-refractivity contribution in [1.82, 2.24) is 0 Å². The molecule has 5 heteroatoms. The molecular weight excluding hydrogens is 344 g/mol. The Morgan fingerprint density at radius 2 is 1.67 bits per heavy atom. The molecule has 2 aromatic carbocycles. The lowest BCUT2D eigenvalue weighted by Crippen LogP contribution is -2.22. The molecule has 3 nitrogen and oxygen atoms in total. The zero-order chi connectivity index (χ0) is 17.6. The van der Waals surface area contributed by atoms with Gasteiger partial charge in [-0.15, -0.1) is 11.6 Å². The van der Waals surface area contributed by atoms with Crippen molar-refractivity contribution >= 4 is 21.7 Å². The summed E-state index contributed by atoms with van der Waals surface area (Å²) in [6.07, 6.45) is 0.871. The highest BCUT2D eigenvalue weighted by Crippen LogP contribution is 2.22. The summed E-state index contributed by atoms with van der Waals surface area (Å²) in [6, 6.07) is 16.5. The second kappa shape index (κ2) is 8.65. The fourth-order valence-corrected chi connectivity index (χ4v) is 3.75. The first-order valence-corrected chi connectivity index (χ1v) is 10.0. The zero-order valence-electron chi connectivity index (χ0n) is 14.0. The molecule has 2 atom stereocenters. The van der Waals surface area contributed by atoms with Crippen molar-refractivity contribution in [3.63, 3.8) is 0 Å². The van der Waals surface area contributed by atoms with E-state index >= 15 is 0 Å². The fourth-order valence-electron chi connectivity index (χ4n) is 2.42. The van der Waals surface area contributed by atoms with E-state index < -0.39 is 16.2 Å². The third kappa shape index (κ3) is 5.07. The summed E-state index contributed by atoms with van der Waals surface area (Å²) in [7, 11) is -3.83. The van der Waals surface area contributed by atoms with E-state index in [4.69, 9.17) is 15.8 Å². The van der Waals surface area contributed by atoms with E-state index in [0.29, 0.717) is 12.3 Å². The number of halogens is 1. The van der Waals surface area contributed by atoms with Crippen LogP contribution < -0.4 is 0 Å². The van der Waals surface area contributed by atoms with Crippen LogP contribution in [0.1, 0.15) is 37.3 Å².